The summed E-state index contributed by atoms with van der Waals surface area (Å²) in [4.78, 5) is 51.3. The van der Waals surface area contributed by atoms with Crippen LogP contribution < -0.4 is 5.73 Å². The zero-order valence-electron chi connectivity index (χ0n) is 16.3. The number of hydrogen-bond donors (Lipinski definition) is 1. The molecule has 8 nitrogen and oxygen atoms in total. The number of carbonyl (C=O) groups is 4. The van der Waals surface area contributed by atoms with Crippen LogP contribution in [0.5, 0.6) is 0 Å². The van der Waals surface area contributed by atoms with Gasteiger partial charge in [0.2, 0.25) is 17.6 Å². The molecule has 2 N–H and O–H groups in total. The molecule has 0 aromatic carbocycles. The van der Waals surface area contributed by atoms with Crippen LogP contribution in [0.3, 0.4) is 0 Å². The number of fused-ring (bicyclic) bond motifs is 1. The number of ketones is 1. The number of nitriles is 1. The zero-order chi connectivity index (χ0) is 21.0. The first-order valence-electron chi connectivity index (χ1n) is 9.27. The zero-order valence-corrected chi connectivity index (χ0v) is 16.3. The van der Waals surface area contributed by atoms with Gasteiger partial charge in [-0.1, -0.05) is 26.0 Å². The van der Waals surface area contributed by atoms with E-state index in [4.69, 9.17) is 15.7 Å². The monoisotopic (exact) mass is 387 g/mol. The van der Waals surface area contributed by atoms with Crippen molar-refractivity contribution in [1.29, 1.82) is 5.26 Å². The van der Waals surface area contributed by atoms with E-state index in [0.29, 0.717) is 12.8 Å². The predicted octanol–water partition coefficient (Wildman–Crippen LogP) is 1.22. The highest BCUT2D eigenvalue weighted by Gasteiger charge is 2.51. The third-order valence-corrected chi connectivity index (χ3v) is 4.95. The van der Waals surface area contributed by atoms with E-state index in [0.717, 1.165) is 4.90 Å². The molecule has 0 radical (unpaired) electrons. The molecule has 3 atom stereocenters. The normalized spacial score (nSPS) is 23.2. The molecule has 28 heavy (non-hydrogen) atoms. The van der Waals surface area contributed by atoms with Crippen LogP contribution in [0.15, 0.2) is 23.4 Å². The van der Waals surface area contributed by atoms with E-state index in [9.17, 15) is 19.2 Å². The molecule has 1 aliphatic heterocycles. The van der Waals surface area contributed by atoms with Gasteiger partial charge in [-0.2, -0.15) is 5.26 Å². The van der Waals surface area contributed by atoms with Gasteiger partial charge in [0.1, 0.15) is 17.7 Å². The first-order valence-corrected chi connectivity index (χ1v) is 9.27. The molecule has 2 amide bonds. The maximum Gasteiger partial charge on any atom is 0.329 e. The standard InChI is InChI=1S/C20H25N3O5/c1-11(2)8-16(20(27)28-10-17(24)15(9-21)12(3)22)23-18(25)13-6-4-5-7-14(13)19(23)26/h4-5,11,13-14,16H,6-8,10,22H2,1-3H3/b15-12-. The minimum atomic E-state index is -1.09. The van der Waals surface area contributed by atoms with E-state index in [1.807, 2.05) is 26.0 Å². The van der Waals surface area contributed by atoms with E-state index in [2.05, 4.69) is 0 Å². The molecule has 3 unspecified atom stereocenters. The Bertz CT molecular complexity index is 760. The molecule has 1 fully saturated rings. The Hall–Kier alpha value is -2.95. The van der Waals surface area contributed by atoms with Gasteiger partial charge in [-0.15, -0.1) is 0 Å². The molecule has 2 aliphatic rings. The van der Waals surface area contributed by atoms with Crippen molar-refractivity contribution in [3.63, 3.8) is 0 Å². The lowest BCUT2D eigenvalue weighted by molar-refractivity contribution is -0.160. The number of hydrogen-bond acceptors (Lipinski definition) is 7. The second kappa shape index (κ2) is 8.83. The SMILES string of the molecule is C/C(N)=C(\C#N)C(=O)COC(=O)C(CC(C)C)N1C(=O)C2CC=CCC2C1=O. The number of rotatable bonds is 7. The van der Waals surface area contributed by atoms with Crippen LogP contribution in [0.25, 0.3) is 0 Å². The topological polar surface area (TPSA) is 131 Å². The van der Waals surface area contributed by atoms with E-state index in [-0.39, 0.29) is 35.4 Å². The summed E-state index contributed by atoms with van der Waals surface area (Å²) in [6, 6.07) is 0.587. The summed E-state index contributed by atoms with van der Waals surface area (Å²) < 4.78 is 5.07. The van der Waals surface area contributed by atoms with Crippen molar-refractivity contribution >= 4 is 23.6 Å². The number of esters is 1. The van der Waals surface area contributed by atoms with E-state index < -0.39 is 36.2 Å². The molecule has 0 aromatic rings. The number of ether oxygens (including phenoxy) is 1. The lowest BCUT2D eigenvalue weighted by atomic mass is 9.85. The van der Waals surface area contributed by atoms with Crippen molar-refractivity contribution < 1.29 is 23.9 Å². The van der Waals surface area contributed by atoms with Crippen LogP contribution in [0.1, 0.15) is 40.0 Å². The Kier molecular flexibility index (Phi) is 6.73. The molecule has 8 heteroatoms. The number of Topliss-reactive ketones (excluding diaryl/α,β-unsaturated/α-hetero) is 1. The predicted molar refractivity (Wildman–Crippen MR) is 98.9 cm³/mol. The highest BCUT2D eigenvalue weighted by molar-refractivity contribution is 6.08. The van der Waals surface area contributed by atoms with Crippen molar-refractivity contribution in [1.82, 2.24) is 4.90 Å². The maximum absolute atomic E-state index is 12.8. The van der Waals surface area contributed by atoms with Gasteiger partial charge in [0, 0.05) is 5.70 Å². The molecular formula is C20H25N3O5. The van der Waals surface area contributed by atoms with Gasteiger partial charge in [-0.05, 0) is 32.1 Å². The number of imide groups is 1. The molecule has 0 saturated carbocycles. The minimum absolute atomic E-state index is 0.00968. The van der Waals surface area contributed by atoms with Crippen LogP contribution in [0.2, 0.25) is 0 Å². The Morgan fingerprint density at radius 2 is 1.79 bits per heavy atom. The highest BCUT2D eigenvalue weighted by Crippen LogP contribution is 2.37. The van der Waals surface area contributed by atoms with Crippen molar-refractivity contribution in [2.75, 3.05) is 6.61 Å². The molecule has 150 valence electrons. The summed E-state index contributed by atoms with van der Waals surface area (Å²) in [5, 5.41) is 8.97. The quantitative estimate of drug-likeness (QED) is 0.228. The second-order valence-electron chi connectivity index (χ2n) is 7.55. The Morgan fingerprint density at radius 3 is 2.21 bits per heavy atom. The number of nitrogens with zero attached hydrogens (tertiary/aromatic N) is 2. The number of amides is 2. The largest absolute Gasteiger partial charge is 0.456 e. The third-order valence-electron chi connectivity index (χ3n) is 4.95. The first kappa shape index (κ1) is 21.4. The fourth-order valence-corrected chi connectivity index (χ4v) is 3.56. The van der Waals surface area contributed by atoms with Crippen molar-refractivity contribution in [3.8, 4) is 6.07 Å². The number of likely N-dealkylation sites (tertiary alicyclic amines) is 1. The minimum Gasteiger partial charge on any atom is -0.456 e. The molecule has 1 saturated heterocycles. The van der Waals surface area contributed by atoms with Crippen LogP contribution in [0, 0.1) is 29.1 Å². The van der Waals surface area contributed by atoms with Crippen molar-refractivity contribution in [3.05, 3.63) is 23.4 Å². The summed E-state index contributed by atoms with van der Waals surface area (Å²) in [5.74, 6) is -3.19. The van der Waals surface area contributed by atoms with Crippen LogP contribution >= 0.6 is 0 Å². The Labute approximate surface area is 164 Å². The molecule has 0 aromatic heterocycles. The average molecular weight is 387 g/mol. The first-order chi connectivity index (χ1) is 13.2. The lowest BCUT2D eigenvalue weighted by Crippen LogP contribution is -2.47. The number of carbonyl (C=O) groups excluding carboxylic acids is 4. The van der Waals surface area contributed by atoms with Gasteiger partial charge in [-0.25, -0.2) is 4.79 Å². The molecule has 0 bridgehead atoms. The van der Waals surface area contributed by atoms with Gasteiger partial charge in [0.25, 0.3) is 0 Å². The molecular weight excluding hydrogens is 362 g/mol. The average Bonchev–Trinajstić information content (AvgIpc) is 2.89. The van der Waals surface area contributed by atoms with Gasteiger partial charge >= 0.3 is 5.97 Å². The summed E-state index contributed by atoms with van der Waals surface area (Å²) in [7, 11) is 0. The maximum atomic E-state index is 12.8. The fourth-order valence-electron chi connectivity index (χ4n) is 3.56. The molecule has 1 aliphatic carbocycles. The van der Waals surface area contributed by atoms with Crippen molar-refractivity contribution in [2.24, 2.45) is 23.5 Å². The number of nitrogens with two attached hydrogens (primary N) is 1. The highest BCUT2D eigenvalue weighted by atomic mass is 16.5. The summed E-state index contributed by atoms with van der Waals surface area (Å²) in [6.45, 7) is 4.45. The summed E-state index contributed by atoms with van der Waals surface area (Å²) in [6.07, 6.45) is 4.91. The van der Waals surface area contributed by atoms with Gasteiger partial charge in [0.05, 0.1) is 11.8 Å². The smallest absolute Gasteiger partial charge is 0.329 e. The van der Waals surface area contributed by atoms with Crippen LogP contribution in [-0.2, 0) is 23.9 Å². The van der Waals surface area contributed by atoms with E-state index in [1.165, 1.54) is 6.92 Å². The molecule has 1 heterocycles. The van der Waals surface area contributed by atoms with Crippen LogP contribution in [-0.4, -0.2) is 41.1 Å². The fraction of sp³-hybridized carbons (Fsp3) is 0.550. The Morgan fingerprint density at radius 1 is 1.25 bits per heavy atom. The van der Waals surface area contributed by atoms with Crippen molar-refractivity contribution in [2.45, 2.75) is 46.1 Å². The molecule has 2 rings (SSSR count). The van der Waals surface area contributed by atoms with E-state index >= 15 is 0 Å². The van der Waals surface area contributed by atoms with E-state index in [1.54, 1.807) is 6.07 Å². The summed E-state index contributed by atoms with van der Waals surface area (Å²) in [5.41, 5.74) is 5.23. The lowest BCUT2D eigenvalue weighted by Gasteiger charge is -2.26. The van der Waals surface area contributed by atoms with Gasteiger partial charge in [0.15, 0.2) is 6.61 Å². The second-order valence-corrected chi connectivity index (χ2v) is 7.55. The molecule has 0 spiro atoms. The van der Waals surface area contributed by atoms with Crippen LogP contribution in [0.4, 0.5) is 0 Å². The van der Waals surface area contributed by atoms with Gasteiger partial charge < -0.3 is 10.5 Å². The summed E-state index contributed by atoms with van der Waals surface area (Å²) >= 11 is 0. The number of allylic oxidation sites excluding steroid dienone is 3. The van der Waals surface area contributed by atoms with Gasteiger partial charge in [-0.3, -0.25) is 19.3 Å². The Balaban J connectivity index is 2.17. The third kappa shape index (κ3) is 4.30.